The average molecular weight is 449 g/mol. The van der Waals surface area contributed by atoms with E-state index in [9.17, 15) is 0 Å². The Morgan fingerprint density at radius 3 is 2.22 bits per heavy atom. The van der Waals surface area contributed by atoms with Gasteiger partial charge in [0.25, 0.3) is 0 Å². The molecule has 1 aliphatic rings. The number of benzene rings is 2. The first kappa shape index (κ1) is 24.4. The maximum absolute atomic E-state index is 6.47. The van der Waals surface area contributed by atoms with Gasteiger partial charge in [-0.05, 0) is 44.3 Å². The molecule has 32 heavy (non-hydrogen) atoms. The number of rotatable bonds is 6. The Morgan fingerprint density at radius 1 is 1.00 bits per heavy atom. The molecule has 2 aromatic rings. The zero-order valence-corrected chi connectivity index (χ0v) is 22.4. The lowest BCUT2D eigenvalue weighted by Crippen LogP contribution is -2.50. The second kappa shape index (κ2) is 8.59. The maximum Gasteiger partial charge on any atom is 0.122 e. The summed E-state index contributed by atoms with van der Waals surface area (Å²) in [5, 5.41) is 1.36. The van der Waals surface area contributed by atoms with Crippen molar-refractivity contribution in [3.05, 3.63) is 77.1 Å². The van der Waals surface area contributed by atoms with Crippen LogP contribution in [0.25, 0.3) is 6.08 Å². The van der Waals surface area contributed by atoms with E-state index in [1.165, 1.54) is 27.4 Å². The third-order valence-corrected chi connectivity index (χ3v) is 10.4. The predicted molar refractivity (Wildman–Crippen MR) is 141 cm³/mol. The zero-order valence-electron chi connectivity index (χ0n) is 21.4. The molecular formula is C29H40O2Si. The van der Waals surface area contributed by atoms with Crippen molar-refractivity contribution in [3.8, 4) is 5.75 Å². The number of ether oxygens (including phenoxy) is 2. The average Bonchev–Trinajstić information content (AvgIpc) is 3.09. The fourth-order valence-corrected chi connectivity index (χ4v) is 8.35. The molecule has 0 aromatic heterocycles. The first-order valence-electron chi connectivity index (χ1n) is 11.6. The molecule has 0 fully saturated rings. The lowest BCUT2D eigenvalue weighted by Gasteiger charge is -2.37. The molecule has 2 aromatic carbocycles. The summed E-state index contributed by atoms with van der Waals surface area (Å²) in [7, 11) is -0.347. The summed E-state index contributed by atoms with van der Waals surface area (Å²) in [5.41, 5.74) is 5.53. The fourth-order valence-electron chi connectivity index (χ4n) is 4.77. The Morgan fingerprint density at radius 2 is 1.66 bits per heavy atom. The van der Waals surface area contributed by atoms with Crippen LogP contribution in [0.3, 0.4) is 0 Å². The van der Waals surface area contributed by atoms with Crippen molar-refractivity contribution in [2.75, 3.05) is 13.7 Å². The molecule has 3 rings (SSSR count). The largest absolute Gasteiger partial charge is 0.501 e. The molecule has 1 atom stereocenters. The number of hydrogen-bond acceptors (Lipinski definition) is 2. The van der Waals surface area contributed by atoms with E-state index in [4.69, 9.17) is 9.47 Å². The van der Waals surface area contributed by atoms with Crippen LogP contribution in [0.4, 0.5) is 0 Å². The van der Waals surface area contributed by atoms with Crippen molar-refractivity contribution in [2.24, 2.45) is 0 Å². The Labute approximate surface area is 196 Å². The lowest BCUT2D eigenvalue weighted by molar-refractivity contribution is 0.285. The smallest absolute Gasteiger partial charge is 0.122 e. The third-order valence-electron chi connectivity index (χ3n) is 6.65. The molecule has 0 saturated carbocycles. The van der Waals surface area contributed by atoms with Crippen LogP contribution >= 0.6 is 0 Å². The van der Waals surface area contributed by atoms with Crippen molar-refractivity contribution in [1.82, 2.24) is 0 Å². The van der Waals surface area contributed by atoms with Crippen molar-refractivity contribution < 1.29 is 9.47 Å². The monoisotopic (exact) mass is 448 g/mol. The molecule has 0 amide bonds. The van der Waals surface area contributed by atoms with Crippen molar-refractivity contribution >= 4 is 19.3 Å². The molecule has 2 nitrogen and oxygen atoms in total. The van der Waals surface area contributed by atoms with E-state index in [0.717, 1.165) is 11.5 Å². The van der Waals surface area contributed by atoms with E-state index in [0.29, 0.717) is 6.61 Å². The Bertz CT molecular complexity index is 1030. The van der Waals surface area contributed by atoms with E-state index in [1.54, 1.807) is 7.11 Å². The minimum atomic E-state index is -2.15. The quantitative estimate of drug-likeness (QED) is 0.347. The van der Waals surface area contributed by atoms with Gasteiger partial charge in [0.05, 0.1) is 7.11 Å². The molecule has 172 valence electrons. The van der Waals surface area contributed by atoms with Gasteiger partial charge >= 0.3 is 0 Å². The van der Waals surface area contributed by atoms with Gasteiger partial charge < -0.3 is 9.47 Å². The fraction of sp³-hybridized carbons (Fsp3) is 0.448. The summed E-state index contributed by atoms with van der Waals surface area (Å²) in [6.45, 7) is 23.0. The topological polar surface area (TPSA) is 18.5 Å². The van der Waals surface area contributed by atoms with Crippen molar-refractivity contribution in [2.45, 2.75) is 71.0 Å². The van der Waals surface area contributed by atoms with Gasteiger partial charge in [0.15, 0.2) is 0 Å². The van der Waals surface area contributed by atoms with Gasteiger partial charge in [-0.3, -0.25) is 0 Å². The number of fused-ring (bicyclic) bond motifs is 1. The van der Waals surface area contributed by atoms with Crippen LogP contribution in [-0.2, 0) is 15.6 Å². The van der Waals surface area contributed by atoms with Crippen molar-refractivity contribution in [3.63, 3.8) is 0 Å². The molecule has 0 bridgehead atoms. The van der Waals surface area contributed by atoms with Crippen LogP contribution in [0.1, 0.15) is 69.3 Å². The molecule has 0 spiro atoms. The standard InChI is InChI=1S/C29H40O2Si/c1-11-16-31-26-23(29(5,6)7)18-21(28(2,3)4)19-25(26)32(9,10)27-22-15-13-12-14-20(22)17-24(27)30-8/h11-15,17-19,27H,1,16H2,2-10H3. The molecule has 0 radical (unpaired) electrons. The highest BCUT2D eigenvalue weighted by atomic mass is 28.3. The summed E-state index contributed by atoms with van der Waals surface area (Å²) in [5.74, 6) is 2.11. The van der Waals surface area contributed by atoms with Crippen LogP contribution in [0, 0.1) is 0 Å². The van der Waals surface area contributed by atoms with Gasteiger partial charge in [-0.2, -0.15) is 0 Å². The van der Waals surface area contributed by atoms with E-state index >= 15 is 0 Å². The third kappa shape index (κ3) is 4.45. The highest BCUT2D eigenvalue weighted by Crippen LogP contribution is 2.45. The Kier molecular flexibility index (Phi) is 6.54. The van der Waals surface area contributed by atoms with Gasteiger partial charge in [0.2, 0.25) is 0 Å². The number of allylic oxidation sites excluding steroid dienone is 1. The second-order valence-electron chi connectivity index (χ2n) is 11.5. The highest BCUT2D eigenvalue weighted by molar-refractivity contribution is 6.92. The normalized spacial score (nSPS) is 16.4. The summed E-state index contributed by atoms with van der Waals surface area (Å²) in [4.78, 5) is 0. The molecule has 1 unspecified atom stereocenters. The summed E-state index contributed by atoms with van der Waals surface area (Å²) < 4.78 is 12.4. The Balaban J connectivity index is 2.33. The SMILES string of the molecule is C=CCOc1c(C(C)(C)C)cc(C(C)(C)C)cc1[Si](C)(C)C1C(OC)=Cc2ccccc21. The number of methoxy groups -OCH3 is 1. The van der Waals surface area contributed by atoms with Crippen LogP contribution in [0.15, 0.2) is 54.8 Å². The number of hydrogen-bond donors (Lipinski definition) is 0. The van der Waals surface area contributed by atoms with Gasteiger partial charge in [-0.1, -0.05) is 104 Å². The minimum absolute atomic E-state index is 0.0372. The molecule has 1 aliphatic carbocycles. The molecule has 0 heterocycles. The van der Waals surface area contributed by atoms with Crippen molar-refractivity contribution in [1.29, 1.82) is 0 Å². The summed E-state index contributed by atoms with van der Waals surface area (Å²) in [6.07, 6.45) is 4.06. The second-order valence-corrected chi connectivity index (χ2v) is 16.1. The summed E-state index contributed by atoms with van der Waals surface area (Å²) >= 11 is 0. The predicted octanol–water partition coefficient (Wildman–Crippen LogP) is 7.09. The van der Waals surface area contributed by atoms with Gasteiger partial charge in [-0.15, -0.1) is 0 Å². The molecule has 0 saturated heterocycles. The maximum atomic E-state index is 6.47. The van der Waals surface area contributed by atoms with E-state index < -0.39 is 8.07 Å². The van der Waals surface area contributed by atoms with Gasteiger partial charge in [0, 0.05) is 5.54 Å². The summed E-state index contributed by atoms with van der Waals surface area (Å²) in [6, 6.07) is 13.5. The van der Waals surface area contributed by atoms with Crippen LogP contribution in [0.5, 0.6) is 5.75 Å². The Hall–Kier alpha value is -2.26. The van der Waals surface area contributed by atoms with Crippen LogP contribution in [0.2, 0.25) is 13.1 Å². The molecule has 3 heteroatoms. The van der Waals surface area contributed by atoms with Crippen LogP contribution < -0.4 is 9.92 Å². The first-order valence-corrected chi connectivity index (χ1v) is 14.7. The molecule has 0 aliphatic heterocycles. The molecule has 0 N–H and O–H groups in total. The van der Waals surface area contributed by atoms with E-state index in [-0.39, 0.29) is 16.4 Å². The minimum Gasteiger partial charge on any atom is -0.501 e. The zero-order chi connectivity index (χ0) is 23.9. The van der Waals surface area contributed by atoms with Crippen LogP contribution in [-0.4, -0.2) is 21.8 Å². The van der Waals surface area contributed by atoms with E-state index in [1.807, 2.05) is 6.08 Å². The highest BCUT2D eigenvalue weighted by Gasteiger charge is 2.44. The molecular weight excluding hydrogens is 408 g/mol. The van der Waals surface area contributed by atoms with Gasteiger partial charge in [-0.25, -0.2) is 0 Å². The first-order chi connectivity index (χ1) is 14.8. The lowest BCUT2D eigenvalue weighted by atomic mass is 9.80. The van der Waals surface area contributed by atoms with E-state index in [2.05, 4.69) is 104 Å². The van der Waals surface area contributed by atoms with Gasteiger partial charge in [0.1, 0.15) is 26.2 Å².